The Morgan fingerprint density at radius 1 is 1.12 bits per heavy atom. The number of hydrogen-bond donors (Lipinski definition) is 2. The Labute approximate surface area is 140 Å². The van der Waals surface area contributed by atoms with Crippen molar-refractivity contribution in [2.24, 2.45) is 35.5 Å². The summed E-state index contributed by atoms with van der Waals surface area (Å²) in [6.07, 6.45) is 5.15. The van der Waals surface area contributed by atoms with Gasteiger partial charge in [-0.2, -0.15) is 0 Å². The Balaban J connectivity index is 1.53. The molecule has 0 unspecified atom stereocenters. The molecule has 1 amide bonds. The van der Waals surface area contributed by atoms with E-state index in [1.54, 1.807) is 24.3 Å². The molecule has 0 spiro atoms. The predicted octanol–water partition coefficient (Wildman–Crippen LogP) is 2.79. The predicted molar refractivity (Wildman–Crippen MR) is 88.6 cm³/mol. The van der Waals surface area contributed by atoms with E-state index < -0.39 is 17.8 Å². The van der Waals surface area contributed by atoms with E-state index in [0.717, 1.165) is 12.2 Å². The number of nitrogens with one attached hydrogen (secondary N) is 1. The van der Waals surface area contributed by atoms with Crippen LogP contribution in [-0.2, 0) is 9.59 Å². The Hall–Kier alpha value is -2.30. The maximum Gasteiger partial charge on any atom is 0.307 e. The molecule has 6 atom stereocenters. The summed E-state index contributed by atoms with van der Waals surface area (Å²) >= 11 is 0. The zero-order valence-electron chi connectivity index (χ0n) is 13.5. The van der Waals surface area contributed by atoms with Crippen LogP contribution in [0.3, 0.4) is 0 Å². The van der Waals surface area contributed by atoms with Crippen molar-refractivity contribution >= 4 is 17.6 Å². The number of benzene rings is 1. The van der Waals surface area contributed by atoms with Crippen LogP contribution in [0.2, 0.25) is 0 Å². The number of carbonyl (C=O) groups excluding carboxylic acids is 1. The smallest absolute Gasteiger partial charge is 0.307 e. The highest BCUT2D eigenvalue weighted by Crippen LogP contribution is 2.63. The highest BCUT2D eigenvalue weighted by Gasteiger charge is 2.62. The van der Waals surface area contributed by atoms with Crippen LogP contribution in [0.5, 0.6) is 5.75 Å². The standard InChI is InChI=1S/C19H21NO4/c1-2-24-11-5-3-10(4-6-11)20-18(21)16-12-7-8-13(15-9-14(12)15)17(16)19(22)23/h3-8,12-17H,2,9H2,1H3,(H,20,21)(H,22,23)/t12-,13-,14+,15-,16+,17-/m0/s1. The Morgan fingerprint density at radius 3 is 2.33 bits per heavy atom. The third-order valence-electron chi connectivity index (χ3n) is 5.67. The number of rotatable bonds is 5. The fourth-order valence-electron chi connectivity index (χ4n) is 4.60. The minimum Gasteiger partial charge on any atom is -0.494 e. The molecule has 5 rings (SSSR count). The van der Waals surface area contributed by atoms with Gasteiger partial charge in [0.05, 0.1) is 18.4 Å². The van der Waals surface area contributed by atoms with Gasteiger partial charge in [0.2, 0.25) is 5.91 Å². The van der Waals surface area contributed by atoms with Gasteiger partial charge in [0.1, 0.15) is 5.75 Å². The van der Waals surface area contributed by atoms with Crippen molar-refractivity contribution < 1.29 is 19.4 Å². The number of fused-ring (bicyclic) bond motifs is 1. The molecule has 1 aromatic rings. The van der Waals surface area contributed by atoms with E-state index in [2.05, 4.69) is 11.4 Å². The van der Waals surface area contributed by atoms with E-state index in [4.69, 9.17) is 4.74 Å². The van der Waals surface area contributed by atoms with Crippen molar-refractivity contribution in [3.05, 3.63) is 36.4 Å². The van der Waals surface area contributed by atoms with Gasteiger partial charge in [0, 0.05) is 5.69 Å². The molecule has 1 aromatic carbocycles. The second kappa shape index (κ2) is 5.65. The lowest BCUT2D eigenvalue weighted by Gasteiger charge is -2.41. The first-order chi connectivity index (χ1) is 11.6. The molecule has 126 valence electrons. The Morgan fingerprint density at radius 2 is 1.75 bits per heavy atom. The van der Waals surface area contributed by atoms with Crippen LogP contribution in [-0.4, -0.2) is 23.6 Å². The zero-order chi connectivity index (χ0) is 16.8. The fraction of sp³-hybridized carbons (Fsp3) is 0.474. The lowest BCUT2D eigenvalue weighted by molar-refractivity contribution is -0.152. The molecule has 0 radical (unpaired) electrons. The van der Waals surface area contributed by atoms with Crippen LogP contribution in [0.15, 0.2) is 36.4 Å². The summed E-state index contributed by atoms with van der Waals surface area (Å²) in [6, 6.07) is 7.18. The number of carbonyl (C=O) groups is 2. The average molecular weight is 327 g/mol. The average Bonchev–Trinajstić information content (AvgIpc) is 3.38. The quantitative estimate of drug-likeness (QED) is 0.816. The van der Waals surface area contributed by atoms with Crippen molar-refractivity contribution in [2.75, 3.05) is 11.9 Å². The third kappa shape index (κ3) is 2.39. The highest BCUT2D eigenvalue weighted by atomic mass is 16.5. The first-order valence-electron chi connectivity index (χ1n) is 8.55. The summed E-state index contributed by atoms with van der Waals surface area (Å²) in [4.78, 5) is 24.6. The maximum absolute atomic E-state index is 12.8. The molecule has 4 aliphatic rings. The summed E-state index contributed by atoms with van der Waals surface area (Å²) in [5, 5.41) is 12.5. The molecule has 0 aliphatic heterocycles. The van der Waals surface area contributed by atoms with Crippen molar-refractivity contribution in [1.29, 1.82) is 0 Å². The summed E-state index contributed by atoms with van der Waals surface area (Å²) in [5.74, 6) is -0.346. The molecule has 2 saturated carbocycles. The molecule has 2 bridgehead atoms. The number of carboxylic acid groups (broad SMARTS) is 1. The van der Waals surface area contributed by atoms with Crippen molar-refractivity contribution in [2.45, 2.75) is 13.3 Å². The fourth-order valence-corrected chi connectivity index (χ4v) is 4.60. The number of amides is 1. The monoisotopic (exact) mass is 327 g/mol. The van der Waals surface area contributed by atoms with Crippen LogP contribution in [0.4, 0.5) is 5.69 Å². The molecular weight excluding hydrogens is 306 g/mol. The van der Waals surface area contributed by atoms with Gasteiger partial charge in [-0.15, -0.1) is 0 Å². The third-order valence-corrected chi connectivity index (χ3v) is 5.67. The minimum atomic E-state index is -0.855. The summed E-state index contributed by atoms with van der Waals surface area (Å²) in [5.41, 5.74) is 0.672. The molecule has 2 fully saturated rings. The number of hydrogen-bond acceptors (Lipinski definition) is 3. The topological polar surface area (TPSA) is 75.6 Å². The molecule has 24 heavy (non-hydrogen) atoms. The van der Waals surface area contributed by atoms with Gasteiger partial charge in [-0.25, -0.2) is 0 Å². The number of anilines is 1. The lowest BCUT2D eigenvalue weighted by atomic mass is 9.62. The Kier molecular flexibility index (Phi) is 3.59. The molecule has 0 saturated heterocycles. The van der Waals surface area contributed by atoms with Gasteiger partial charge in [-0.1, -0.05) is 12.2 Å². The van der Waals surface area contributed by atoms with Crippen LogP contribution < -0.4 is 10.1 Å². The van der Waals surface area contributed by atoms with E-state index in [9.17, 15) is 14.7 Å². The number of carboxylic acids is 1. The number of allylic oxidation sites excluding steroid dienone is 2. The largest absolute Gasteiger partial charge is 0.494 e. The Bertz CT molecular complexity index is 696. The first-order valence-corrected chi connectivity index (χ1v) is 8.55. The second-order valence-electron chi connectivity index (χ2n) is 6.94. The molecule has 4 aliphatic carbocycles. The second-order valence-corrected chi connectivity index (χ2v) is 6.94. The molecule has 5 nitrogen and oxygen atoms in total. The first kappa shape index (κ1) is 15.2. The van der Waals surface area contributed by atoms with Crippen LogP contribution in [0, 0.1) is 35.5 Å². The van der Waals surface area contributed by atoms with Crippen molar-refractivity contribution in [1.82, 2.24) is 0 Å². The zero-order valence-corrected chi connectivity index (χ0v) is 13.5. The van der Waals surface area contributed by atoms with Gasteiger partial charge in [-0.3, -0.25) is 9.59 Å². The normalized spacial score (nSPS) is 35.2. The van der Waals surface area contributed by atoms with E-state index in [0.29, 0.717) is 24.1 Å². The van der Waals surface area contributed by atoms with Gasteiger partial charge in [0.25, 0.3) is 0 Å². The van der Waals surface area contributed by atoms with Crippen molar-refractivity contribution in [3.8, 4) is 5.75 Å². The van der Waals surface area contributed by atoms with Gasteiger partial charge < -0.3 is 15.2 Å². The number of ether oxygens (including phenoxy) is 1. The van der Waals surface area contributed by atoms with Crippen LogP contribution in [0.25, 0.3) is 0 Å². The van der Waals surface area contributed by atoms with Crippen molar-refractivity contribution in [3.63, 3.8) is 0 Å². The van der Waals surface area contributed by atoms with E-state index in [1.165, 1.54) is 0 Å². The summed E-state index contributed by atoms with van der Waals surface area (Å²) in [6.45, 7) is 2.50. The molecule has 0 heterocycles. The van der Waals surface area contributed by atoms with Gasteiger partial charge >= 0.3 is 5.97 Å². The molecule has 2 N–H and O–H groups in total. The molecule has 0 aromatic heterocycles. The van der Waals surface area contributed by atoms with Gasteiger partial charge in [-0.05, 0) is 61.3 Å². The summed E-state index contributed by atoms with van der Waals surface area (Å²) < 4.78 is 5.39. The minimum absolute atomic E-state index is 0.00794. The van der Waals surface area contributed by atoms with Crippen LogP contribution >= 0.6 is 0 Å². The highest BCUT2D eigenvalue weighted by molar-refractivity contribution is 5.96. The van der Waals surface area contributed by atoms with E-state index >= 15 is 0 Å². The summed E-state index contributed by atoms with van der Waals surface area (Å²) in [7, 11) is 0. The van der Waals surface area contributed by atoms with Crippen LogP contribution in [0.1, 0.15) is 13.3 Å². The molecular formula is C19H21NO4. The van der Waals surface area contributed by atoms with E-state index in [1.807, 2.05) is 13.0 Å². The lowest BCUT2D eigenvalue weighted by Crippen LogP contribution is -2.48. The molecule has 5 heteroatoms. The SMILES string of the molecule is CCOc1ccc(NC(=O)[C@@H]2[C@H]3C=C[C@@H]([C@@H]4C[C@H]34)[C@@H]2C(=O)O)cc1. The van der Waals surface area contributed by atoms with E-state index in [-0.39, 0.29) is 17.7 Å². The van der Waals surface area contributed by atoms with Gasteiger partial charge in [0.15, 0.2) is 0 Å². The maximum atomic E-state index is 12.8. The number of aliphatic carboxylic acids is 1.